The van der Waals surface area contributed by atoms with E-state index in [1.165, 1.54) is 23.8 Å². The molecule has 4 rings (SSSR count). The van der Waals surface area contributed by atoms with Gasteiger partial charge in [-0.05, 0) is 28.7 Å². The number of methoxy groups -OCH3 is 1. The number of carboxylic acid groups (broad SMARTS) is 1. The largest absolute Gasteiger partial charge is 0.480 e. The van der Waals surface area contributed by atoms with E-state index in [-0.39, 0.29) is 24.4 Å². The number of thioether (sulfide) groups is 1. The lowest BCUT2D eigenvalue weighted by molar-refractivity contribution is -0.154. The number of benzene rings is 2. The number of carbonyl (C=O) groups is 3. The number of carbonyl (C=O) groups excluding carboxylic acids is 2. The number of amides is 2. The van der Waals surface area contributed by atoms with Crippen molar-refractivity contribution in [2.24, 2.45) is 0 Å². The summed E-state index contributed by atoms with van der Waals surface area (Å²) in [6.45, 7) is 2.04. The Morgan fingerprint density at radius 2 is 1.74 bits per heavy atom. The molecule has 0 spiro atoms. The topological polar surface area (TPSA) is 105 Å². The molecule has 0 radical (unpaired) electrons. The van der Waals surface area contributed by atoms with Gasteiger partial charge in [0.2, 0.25) is 0 Å². The number of fused-ring (bicyclic) bond motifs is 3. The molecule has 2 aromatic carbocycles. The van der Waals surface area contributed by atoms with Crippen LogP contribution in [0.25, 0.3) is 11.1 Å². The third-order valence-electron chi connectivity index (χ3n) is 6.50. The Hall–Kier alpha value is -3.04. The van der Waals surface area contributed by atoms with Gasteiger partial charge in [-0.25, -0.2) is 9.59 Å². The quantitative estimate of drug-likeness (QED) is 0.543. The van der Waals surface area contributed by atoms with Crippen LogP contribution in [0.4, 0.5) is 4.79 Å². The molecule has 2 aliphatic rings. The van der Waals surface area contributed by atoms with Crippen molar-refractivity contribution in [3.05, 3.63) is 59.7 Å². The normalized spacial score (nSPS) is 19.7. The van der Waals surface area contributed by atoms with Crippen LogP contribution in [0.3, 0.4) is 0 Å². The van der Waals surface area contributed by atoms with Crippen molar-refractivity contribution >= 4 is 29.7 Å². The number of ether oxygens (including phenoxy) is 2. The van der Waals surface area contributed by atoms with Crippen LogP contribution in [0.5, 0.6) is 0 Å². The van der Waals surface area contributed by atoms with Gasteiger partial charge < -0.3 is 24.8 Å². The van der Waals surface area contributed by atoms with E-state index < -0.39 is 30.1 Å². The predicted octanol–water partition coefficient (Wildman–Crippen LogP) is 3.69. The van der Waals surface area contributed by atoms with Crippen molar-refractivity contribution in [2.75, 3.05) is 26.0 Å². The second kappa shape index (κ2) is 11.1. The number of hydrogen-bond donors (Lipinski definition) is 2. The van der Waals surface area contributed by atoms with E-state index in [9.17, 15) is 19.5 Å². The van der Waals surface area contributed by atoms with Gasteiger partial charge in [0.05, 0.1) is 11.9 Å². The maximum atomic E-state index is 13.2. The molecule has 0 aromatic heterocycles. The fraction of sp³-hybridized carbons (Fsp3) is 0.423. The van der Waals surface area contributed by atoms with Crippen LogP contribution in [0.1, 0.15) is 36.8 Å². The SMILES string of the molecule is CCCC1SCC(C(=O)O)N1C(=O)C(CNC(=O)OCC1c2ccccc2-c2ccccc21)OC. The molecule has 8 nitrogen and oxygen atoms in total. The van der Waals surface area contributed by atoms with Gasteiger partial charge in [-0.2, -0.15) is 0 Å². The van der Waals surface area contributed by atoms with Crippen LogP contribution >= 0.6 is 11.8 Å². The van der Waals surface area contributed by atoms with Crippen molar-refractivity contribution in [3.63, 3.8) is 0 Å². The zero-order valence-electron chi connectivity index (χ0n) is 19.8. The maximum absolute atomic E-state index is 13.2. The first-order valence-corrected chi connectivity index (χ1v) is 12.8. The minimum atomic E-state index is -1.04. The van der Waals surface area contributed by atoms with Crippen LogP contribution in [0, 0.1) is 0 Å². The molecule has 1 aliphatic heterocycles. The number of carboxylic acids is 1. The highest BCUT2D eigenvalue weighted by atomic mass is 32.2. The lowest BCUT2D eigenvalue weighted by Gasteiger charge is -2.30. The molecule has 3 unspecified atom stereocenters. The van der Waals surface area contributed by atoms with Gasteiger partial charge in [0.25, 0.3) is 5.91 Å². The summed E-state index contributed by atoms with van der Waals surface area (Å²) in [6.07, 6.45) is -0.146. The van der Waals surface area contributed by atoms with Gasteiger partial charge in [0.1, 0.15) is 12.6 Å². The van der Waals surface area contributed by atoms with E-state index >= 15 is 0 Å². The first-order valence-electron chi connectivity index (χ1n) is 11.7. The number of alkyl carbamates (subject to hydrolysis) is 1. The number of nitrogens with zero attached hydrogens (tertiary/aromatic N) is 1. The molecular weight excluding hydrogens is 468 g/mol. The van der Waals surface area contributed by atoms with E-state index in [2.05, 4.69) is 17.4 Å². The second-order valence-corrected chi connectivity index (χ2v) is 9.82. The first-order chi connectivity index (χ1) is 17.0. The molecule has 2 N–H and O–H groups in total. The summed E-state index contributed by atoms with van der Waals surface area (Å²) in [5.41, 5.74) is 4.50. The van der Waals surface area contributed by atoms with E-state index in [0.717, 1.165) is 28.7 Å². The Morgan fingerprint density at radius 3 is 2.31 bits per heavy atom. The third-order valence-corrected chi connectivity index (χ3v) is 7.86. The summed E-state index contributed by atoms with van der Waals surface area (Å²) in [5.74, 6) is -1.21. The van der Waals surface area contributed by atoms with Crippen molar-refractivity contribution in [3.8, 4) is 11.1 Å². The smallest absolute Gasteiger partial charge is 0.407 e. The number of aliphatic carboxylic acids is 1. The Labute approximate surface area is 209 Å². The van der Waals surface area contributed by atoms with Gasteiger partial charge in [0, 0.05) is 18.8 Å². The Bertz CT molecular complexity index is 1050. The fourth-order valence-electron chi connectivity index (χ4n) is 4.78. The first kappa shape index (κ1) is 25.1. The predicted molar refractivity (Wildman–Crippen MR) is 133 cm³/mol. The summed E-state index contributed by atoms with van der Waals surface area (Å²) in [5, 5.41) is 12.0. The molecule has 1 saturated heterocycles. The number of rotatable bonds is 9. The number of nitrogens with one attached hydrogen (secondary N) is 1. The molecule has 1 heterocycles. The lowest BCUT2D eigenvalue weighted by Crippen LogP contribution is -2.52. The monoisotopic (exact) mass is 498 g/mol. The van der Waals surface area contributed by atoms with E-state index in [1.807, 2.05) is 43.3 Å². The average molecular weight is 499 g/mol. The molecule has 2 amide bonds. The summed E-state index contributed by atoms with van der Waals surface area (Å²) >= 11 is 1.46. The molecule has 2 aromatic rings. The second-order valence-electron chi connectivity index (χ2n) is 8.61. The van der Waals surface area contributed by atoms with E-state index in [1.54, 1.807) is 0 Å². The summed E-state index contributed by atoms with van der Waals surface area (Å²) < 4.78 is 10.9. The van der Waals surface area contributed by atoms with Gasteiger partial charge in [0.15, 0.2) is 6.10 Å². The summed E-state index contributed by atoms with van der Waals surface area (Å²) in [6, 6.07) is 15.2. The van der Waals surface area contributed by atoms with Crippen LogP contribution in [-0.4, -0.2) is 71.5 Å². The average Bonchev–Trinajstić information content (AvgIpc) is 3.43. The van der Waals surface area contributed by atoms with E-state index in [4.69, 9.17) is 9.47 Å². The van der Waals surface area contributed by atoms with Crippen LogP contribution < -0.4 is 5.32 Å². The molecule has 3 atom stereocenters. The molecule has 1 aliphatic carbocycles. The van der Waals surface area contributed by atoms with Crippen molar-refractivity contribution in [1.82, 2.24) is 10.2 Å². The number of hydrogen-bond acceptors (Lipinski definition) is 6. The molecule has 186 valence electrons. The van der Waals surface area contributed by atoms with E-state index in [0.29, 0.717) is 12.2 Å². The minimum Gasteiger partial charge on any atom is -0.480 e. The molecule has 35 heavy (non-hydrogen) atoms. The van der Waals surface area contributed by atoms with Gasteiger partial charge >= 0.3 is 12.1 Å². The Morgan fingerprint density at radius 1 is 1.11 bits per heavy atom. The van der Waals surface area contributed by atoms with Gasteiger partial charge in [-0.3, -0.25) is 4.79 Å². The molecule has 0 saturated carbocycles. The fourth-order valence-corrected chi connectivity index (χ4v) is 6.30. The summed E-state index contributed by atoms with van der Waals surface area (Å²) in [7, 11) is 1.37. The maximum Gasteiger partial charge on any atom is 0.407 e. The highest BCUT2D eigenvalue weighted by Crippen LogP contribution is 2.44. The van der Waals surface area contributed by atoms with Crippen LogP contribution in [0.2, 0.25) is 0 Å². The van der Waals surface area contributed by atoms with Crippen molar-refractivity contribution < 1.29 is 29.0 Å². The van der Waals surface area contributed by atoms with Crippen LogP contribution in [-0.2, 0) is 19.1 Å². The Kier molecular flexibility index (Phi) is 7.97. The van der Waals surface area contributed by atoms with Crippen molar-refractivity contribution in [1.29, 1.82) is 0 Å². The zero-order valence-corrected chi connectivity index (χ0v) is 20.6. The molecule has 0 bridgehead atoms. The lowest BCUT2D eigenvalue weighted by atomic mass is 9.98. The highest BCUT2D eigenvalue weighted by molar-refractivity contribution is 8.00. The summed E-state index contributed by atoms with van der Waals surface area (Å²) in [4.78, 5) is 38.8. The molecular formula is C26H30N2O6S. The standard InChI is InChI=1S/C26H30N2O6S/c1-3-8-23-28(21(15-35-23)25(30)31)24(29)22(33-2)13-27-26(32)34-14-20-18-11-6-4-9-16(18)17-10-5-7-12-19(17)20/h4-7,9-12,20-23H,3,8,13-15H2,1-2H3,(H,27,32)(H,30,31). The highest BCUT2D eigenvalue weighted by Gasteiger charge is 2.43. The van der Waals surface area contributed by atoms with Gasteiger partial charge in [-0.1, -0.05) is 61.9 Å². The Balaban J connectivity index is 1.36. The molecule has 9 heteroatoms. The zero-order chi connectivity index (χ0) is 24.9. The minimum absolute atomic E-state index is 0.0687. The van der Waals surface area contributed by atoms with Gasteiger partial charge in [-0.15, -0.1) is 11.8 Å². The van der Waals surface area contributed by atoms with Crippen molar-refractivity contribution in [2.45, 2.75) is 43.2 Å². The third kappa shape index (κ3) is 5.16. The van der Waals surface area contributed by atoms with Crippen LogP contribution in [0.15, 0.2) is 48.5 Å². The molecule has 1 fully saturated rings.